The molecule has 0 aliphatic carbocycles. The molecule has 1 aromatic rings. The van der Waals surface area contributed by atoms with Gasteiger partial charge in [-0.3, -0.25) is 0 Å². The number of hydrogen-bond acceptors (Lipinski definition) is 3. The van der Waals surface area contributed by atoms with E-state index in [1.807, 2.05) is 20.0 Å². The highest BCUT2D eigenvalue weighted by Gasteiger charge is 2.00. The molecule has 3 nitrogen and oxygen atoms in total. The Morgan fingerprint density at radius 3 is 2.86 bits per heavy atom. The van der Waals surface area contributed by atoms with E-state index in [1.165, 1.54) is 5.57 Å². The summed E-state index contributed by atoms with van der Waals surface area (Å²) in [5, 5.41) is 3.19. The lowest BCUT2D eigenvalue weighted by Crippen LogP contribution is -2.22. The van der Waals surface area contributed by atoms with Crippen molar-refractivity contribution in [3.8, 4) is 0 Å². The molecule has 0 aliphatic rings. The third kappa shape index (κ3) is 2.92. The summed E-state index contributed by atoms with van der Waals surface area (Å²) in [6.45, 7) is 6.12. The first-order chi connectivity index (χ1) is 6.63. The normalized spacial score (nSPS) is 14.1. The third-order valence-corrected chi connectivity index (χ3v) is 2.29. The van der Waals surface area contributed by atoms with Crippen LogP contribution in [0.25, 0.3) is 6.08 Å². The summed E-state index contributed by atoms with van der Waals surface area (Å²) in [7, 11) is 1.95. The molecule has 0 radical (unpaired) electrons. The molecule has 3 heteroatoms. The quantitative estimate of drug-likeness (QED) is 0.791. The number of nitrogens with zero attached hydrogens (tertiary/aromatic N) is 2. The van der Waals surface area contributed by atoms with Gasteiger partial charge >= 0.3 is 0 Å². The van der Waals surface area contributed by atoms with Gasteiger partial charge in [-0.2, -0.15) is 0 Å². The van der Waals surface area contributed by atoms with Crippen LogP contribution < -0.4 is 5.32 Å². The number of nitrogens with one attached hydrogen (secondary N) is 1. The summed E-state index contributed by atoms with van der Waals surface area (Å²) < 4.78 is 0. The van der Waals surface area contributed by atoms with Gasteiger partial charge in [0.15, 0.2) is 0 Å². The number of hydrogen-bond donors (Lipinski definition) is 1. The molecular formula is C11H17N3. The van der Waals surface area contributed by atoms with Crippen LogP contribution in [0.2, 0.25) is 0 Å². The van der Waals surface area contributed by atoms with Gasteiger partial charge in [-0.15, -0.1) is 0 Å². The Morgan fingerprint density at radius 1 is 1.57 bits per heavy atom. The lowest BCUT2D eigenvalue weighted by Gasteiger charge is -2.10. The lowest BCUT2D eigenvalue weighted by atomic mass is 10.1. The molecule has 0 saturated heterocycles. The Kier molecular flexibility index (Phi) is 3.77. The maximum Gasteiger partial charge on any atom is 0.125 e. The second kappa shape index (κ2) is 4.86. The van der Waals surface area contributed by atoms with Gasteiger partial charge in [0.25, 0.3) is 0 Å². The van der Waals surface area contributed by atoms with Crippen molar-refractivity contribution in [2.24, 2.45) is 0 Å². The minimum atomic E-state index is 0.380. The van der Waals surface area contributed by atoms with Crippen LogP contribution in [0.3, 0.4) is 0 Å². The summed E-state index contributed by atoms with van der Waals surface area (Å²) in [5.41, 5.74) is 2.24. The first kappa shape index (κ1) is 10.9. The monoisotopic (exact) mass is 191 g/mol. The smallest absolute Gasteiger partial charge is 0.125 e. The molecule has 0 bridgehead atoms. The first-order valence-corrected chi connectivity index (χ1v) is 4.78. The SMILES string of the molecule is CNC(C)/C(C)=C/c1ccnc(C)n1. The van der Waals surface area contributed by atoms with Crippen LogP contribution in [0.5, 0.6) is 0 Å². The molecule has 1 unspecified atom stereocenters. The van der Waals surface area contributed by atoms with Crippen LogP contribution in [-0.4, -0.2) is 23.1 Å². The number of rotatable bonds is 3. The molecule has 0 amide bonds. The lowest BCUT2D eigenvalue weighted by molar-refractivity contribution is 0.696. The predicted octanol–water partition coefficient (Wildman–Crippen LogP) is 1.80. The van der Waals surface area contributed by atoms with E-state index in [1.54, 1.807) is 6.20 Å². The third-order valence-electron chi connectivity index (χ3n) is 2.29. The molecule has 1 heterocycles. The van der Waals surface area contributed by atoms with Crippen LogP contribution in [0.1, 0.15) is 25.4 Å². The average molecular weight is 191 g/mol. The van der Waals surface area contributed by atoms with Crippen molar-refractivity contribution in [3.05, 3.63) is 29.4 Å². The highest BCUT2D eigenvalue weighted by atomic mass is 14.9. The van der Waals surface area contributed by atoms with E-state index in [2.05, 4.69) is 35.2 Å². The van der Waals surface area contributed by atoms with Gasteiger partial charge in [0.05, 0.1) is 5.69 Å². The van der Waals surface area contributed by atoms with Gasteiger partial charge < -0.3 is 5.32 Å². The van der Waals surface area contributed by atoms with Crippen molar-refractivity contribution < 1.29 is 0 Å². The second-order valence-electron chi connectivity index (χ2n) is 3.43. The van der Waals surface area contributed by atoms with Crippen molar-refractivity contribution in [3.63, 3.8) is 0 Å². The van der Waals surface area contributed by atoms with Gasteiger partial charge in [-0.05, 0) is 40.0 Å². The zero-order chi connectivity index (χ0) is 10.6. The molecule has 14 heavy (non-hydrogen) atoms. The van der Waals surface area contributed by atoms with E-state index in [-0.39, 0.29) is 0 Å². The maximum absolute atomic E-state index is 4.31. The molecule has 1 rings (SSSR count). The van der Waals surface area contributed by atoms with Crippen molar-refractivity contribution in [1.29, 1.82) is 0 Å². The van der Waals surface area contributed by atoms with E-state index >= 15 is 0 Å². The van der Waals surface area contributed by atoms with E-state index in [0.717, 1.165) is 11.5 Å². The van der Waals surface area contributed by atoms with E-state index in [9.17, 15) is 0 Å². The van der Waals surface area contributed by atoms with E-state index < -0.39 is 0 Å². The van der Waals surface area contributed by atoms with Crippen LogP contribution in [0.15, 0.2) is 17.8 Å². The van der Waals surface area contributed by atoms with Crippen LogP contribution in [-0.2, 0) is 0 Å². The van der Waals surface area contributed by atoms with Crippen LogP contribution in [0.4, 0.5) is 0 Å². The van der Waals surface area contributed by atoms with Crippen molar-refractivity contribution >= 4 is 6.08 Å². The molecule has 0 aliphatic heterocycles. The standard InChI is InChI=1S/C11H17N3/c1-8(9(2)12-4)7-11-5-6-13-10(3)14-11/h5-7,9,12H,1-4H3/b8-7+. The molecule has 76 valence electrons. The predicted molar refractivity (Wildman–Crippen MR) is 58.9 cm³/mol. The summed E-state index contributed by atoms with van der Waals surface area (Å²) in [5.74, 6) is 0.809. The largest absolute Gasteiger partial charge is 0.314 e. The zero-order valence-electron chi connectivity index (χ0n) is 9.20. The van der Waals surface area contributed by atoms with Crippen LogP contribution in [0, 0.1) is 6.92 Å². The Labute approximate surface area is 85.3 Å². The van der Waals surface area contributed by atoms with Gasteiger partial charge in [0.2, 0.25) is 0 Å². The Hall–Kier alpha value is -1.22. The van der Waals surface area contributed by atoms with Gasteiger partial charge in [0, 0.05) is 12.2 Å². The number of likely N-dealkylation sites (N-methyl/N-ethyl adjacent to an activating group) is 1. The molecule has 1 aromatic heterocycles. The summed E-state index contributed by atoms with van der Waals surface area (Å²) in [6.07, 6.45) is 3.86. The number of aryl methyl sites for hydroxylation is 1. The highest BCUT2D eigenvalue weighted by Crippen LogP contribution is 2.06. The van der Waals surface area contributed by atoms with Crippen molar-refractivity contribution in [2.75, 3.05) is 7.05 Å². The van der Waals surface area contributed by atoms with E-state index in [4.69, 9.17) is 0 Å². The fourth-order valence-corrected chi connectivity index (χ4v) is 1.14. The van der Waals surface area contributed by atoms with Gasteiger partial charge in [-0.25, -0.2) is 9.97 Å². The Balaban J connectivity index is 2.86. The minimum Gasteiger partial charge on any atom is -0.314 e. The van der Waals surface area contributed by atoms with E-state index in [0.29, 0.717) is 6.04 Å². The van der Waals surface area contributed by atoms with Crippen LogP contribution >= 0.6 is 0 Å². The molecule has 1 atom stereocenters. The summed E-state index contributed by atoms with van der Waals surface area (Å²) >= 11 is 0. The summed E-state index contributed by atoms with van der Waals surface area (Å²) in [6, 6.07) is 2.30. The number of aromatic nitrogens is 2. The maximum atomic E-state index is 4.31. The first-order valence-electron chi connectivity index (χ1n) is 4.78. The highest BCUT2D eigenvalue weighted by molar-refractivity contribution is 5.49. The molecule has 0 saturated carbocycles. The fourth-order valence-electron chi connectivity index (χ4n) is 1.14. The topological polar surface area (TPSA) is 37.8 Å². The van der Waals surface area contributed by atoms with Gasteiger partial charge in [0.1, 0.15) is 5.82 Å². The molecular weight excluding hydrogens is 174 g/mol. The van der Waals surface area contributed by atoms with Crippen molar-refractivity contribution in [2.45, 2.75) is 26.8 Å². The molecule has 0 aromatic carbocycles. The zero-order valence-corrected chi connectivity index (χ0v) is 9.20. The second-order valence-corrected chi connectivity index (χ2v) is 3.43. The van der Waals surface area contributed by atoms with Crippen molar-refractivity contribution in [1.82, 2.24) is 15.3 Å². The molecule has 0 spiro atoms. The van der Waals surface area contributed by atoms with Gasteiger partial charge in [-0.1, -0.05) is 5.57 Å². The Morgan fingerprint density at radius 2 is 2.29 bits per heavy atom. The average Bonchev–Trinajstić information content (AvgIpc) is 2.16. The minimum absolute atomic E-state index is 0.380. The summed E-state index contributed by atoms with van der Waals surface area (Å²) in [4.78, 5) is 8.37. The molecule has 1 N–H and O–H groups in total. The molecule has 0 fully saturated rings. The Bertz CT molecular complexity index is 331. The fraction of sp³-hybridized carbons (Fsp3) is 0.455.